The molecule has 1 aliphatic carbocycles. The highest BCUT2D eigenvalue weighted by atomic mass is 35.5. The number of aliphatic hydroxyl groups is 1. The van der Waals surface area contributed by atoms with Crippen LogP contribution in [0.5, 0.6) is 0 Å². The first-order chi connectivity index (χ1) is 13.5. The van der Waals surface area contributed by atoms with Gasteiger partial charge in [0.25, 0.3) is 0 Å². The predicted molar refractivity (Wildman–Crippen MR) is 115 cm³/mol. The number of anilines is 1. The molecule has 0 saturated heterocycles. The Morgan fingerprint density at radius 1 is 1.18 bits per heavy atom. The van der Waals surface area contributed by atoms with Gasteiger partial charge in [0.05, 0.1) is 28.6 Å². The Balaban J connectivity index is 1.73. The maximum absolute atomic E-state index is 10.5. The first kappa shape index (κ1) is 18.9. The summed E-state index contributed by atoms with van der Waals surface area (Å²) in [6.07, 6.45) is 1.74. The Bertz CT molecular complexity index is 1070. The van der Waals surface area contributed by atoms with Gasteiger partial charge >= 0.3 is 0 Å². The number of nitrogens with zero attached hydrogens (tertiary/aromatic N) is 2. The Labute approximate surface area is 173 Å². The lowest BCUT2D eigenvalue weighted by Crippen LogP contribution is -2.22. The molecule has 28 heavy (non-hydrogen) atoms. The average Bonchev–Trinajstić information content (AvgIpc) is 2.98. The summed E-state index contributed by atoms with van der Waals surface area (Å²) in [4.78, 5) is 9.43. The van der Waals surface area contributed by atoms with Crippen molar-refractivity contribution in [3.63, 3.8) is 0 Å². The summed E-state index contributed by atoms with van der Waals surface area (Å²) < 4.78 is 0. The second kappa shape index (κ2) is 7.55. The van der Waals surface area contributed by atoms with Crippen LogP contribution in [0.3, 0.4) is 0 Å². The van der Waals surface area contributed by atoms with E-state index < -0.39 is 6.10 Å². The van der Waals surface area contributed by atoms with Gasteiger partial charge in [0, 0.05) is 17.0 Å². The van der Waals surface area contributed by atoms with Gasteiger partial charge in [0.2, 0.25) is 0 Å². The summed E-state index contributed by atoms with van der Waals surface area (Å²) in [5.41, 5.74) is 4.98. The first-order valence-corrected chi connectivity index (χ1v) is 9.72. The maximum Gasteiger partial charge on any atom is 0.152 e. The number of halogens is 2. The fourth-order valence-corrected chi connectivity index (χ4v) is 4.11. The molecule has 142 valence electrons. The van der Waals surface area contributed by atoms with E-state index in [4.69, 9.17) is 33.2 Å². The zero-order chi connectivity index (χ0) is 19.8. The van der Waals surface area contributed by atoms with E-state index in [9.17, 15) is 5.11 Å². The highest BCUT2D eigenvalue weighted by Gasteiger charge is 2.31. The van der Waals surface area contributed by atoms with E-state index in [-0.39, 0.29) is 6.04 Å². The lowest BCUT2D eigenvalue weighted by molar-refractivity contribution is 0.165. The molecule has 0 spiro atoms. The summed E-state index contributed by atoms with van der Waals surface area (Å²) in [6, 6.07) is 13.1. The largest absolute Gasteiger partial charge is 0.390 e. The number of benzene rings is 2. The van der Waals surface area contributed by atoms with E-state index in [0.717, 1.165) is 22.4 Å². The minimum atomic E-state index is -0.525. The Morgan fingerprint density at radius 2 is 1.96 bits per heavy atom. The van der Waals surface area contributed by atoms with Gasteiger partial charge in [-0.3, -0.25) is 0 Å². The second-order valence-corrected chi connectivity index (χ2v) is 7.66. The van der Waals surface area contributed by atoms with Crippen molar-refractivity contribution in [3.05, 3.63) is 81.6 Å². The molecule has 2 aromatic carbocycles. The van der Waals surface area contributed by atoms with Crippen molar-refractivity contribution >= 4 is 35.1 Å². The summed E-state index contributed by atoms with van der Waals surface area (Å²) in [5, 5.41) is 15.0. The third-order valence-corrected chi connectivity index (χ3v) is 5.52. The topological polar surface area (TPSA) is 58.0 Å². The molecule has 2 atom stereocenters. The Morgan fingerprint density at radius 3 is 2.71 bits per heavy atom. The third kappa shape index (κ3) is 3.39. The predicted octanol–water partition coefficient (Wildman–Crippen LogP) is 5.47. The molecule has 6 heteroatoms. The number of aryl methyl sites for hydroxylation is 1. The van der Waals surface area contributed by atoms with Gasteiger partial charge in [-0.1, -0.05) is 54.0 Å². The van der Waals surface area contributed by atoms with Gasteiger partial charge in [-0.15, -0.1) is 0 Å². The van der Waals surface area contributed by atoms with Crippen molar-refractivity contribution in [2.45, 2.75) is 25.5 Å². The molecule has 1 heterocycles. The number of hydrogen-bond acceptors (Lipinski definition) is 4. The van der Waals surface area contributed by atoms with E-state index >= 15 is 0 Å². The van der Waals surface area contributed by atoms with E-state index in [2.05, 4.69) is 11.9 Å². The molecule has 0 fully saturated rings. The molecule has 0 bridgehead atoms. The molecule has 1 aliphatic rings. The molecule has 0 radical (unpaired) electrons. The number of fused-ring (bicyclic) bond motifs is 1. The summed E-state index contributed by atoms with van der Waals surface area (Å²) in [7, 11) is 0. The van der Waals surface area contributed by atoms with Crippen LogP contribution in [0, 0.1) is 6.92 Å². The standard InChI is InChI=1S/C22H19Cl2N3O/c1-3-18-22(27-21-15-7-5-4-6-13(15)10-19(21)28)25-12(2)20(26-18)16-9-8-14(23)11-17(16)24/h3-9,11,19,21,28H,1,10H2,2H3,(H,25,27). The summed E-state index contributed by atoms with van der Waals surface area (Å²) in [5.74, 6) is 0.585. The normalized spacial score (nSPS) is 18.0. The van der Waals surface area contributed by atoms with Crippen LogP contribution in [0.15, 0.2) is 49.0 Å². The molecular formula is C22H19Cl2N3O. The van der Waals surface area contributed by atoms with Crippen LogP contribution >= 0.6 is 23.2 Å². The summed E-state index contributed by atoms with van der Waals surface area (Å²) in [6.45, 7) is 5.75. The summed E-state index contributed by atoms with van der Waals surface area (Å²) >= 11 is 12.4. The van der Waals surface area contributed by atoms with Gasteiger partial charge < -0.3 is 10.4 Å². The van der Waals surface area contributed by atoms with Crippen LogP contribution < -0.4 is 5.32 Å². The molecular weight excluding hydrogens is 393 g/mol. The minimum absolute atomic E-state index is 0.242. The highest BCUT2D eigenvalue weighted by Crippen LogP contribution is 2.36. The lowest BCUT2D eigenvalue weighted by Gasteiger charge is -2.21. The van der Waals surface area contributed by atoms with Crippen LogP contribution in [-0.4, -0.2) is 21.2 Å². The Hall–Kier alpha value is -2.40. The fourth-order valence-electron chi connectivity index (χ4n) is 3.61. The molecule has 2 unspecified atom stereocenters. The van der Waals surface area contributed by atoms with E-state index in [1.807, 2.05) is 37.3 Å². The zero-order valence-corrected chi connectivity index (χ0v) is 16.8. The van der Waals surface area contributed by atoms with Crippen molar-refractivity contribution in [1.29, 1.82) is 0 Å². The van der Waals surface area contributed by atoms with Gasteiger partial charge in [0.1, 0.15) is 5.69 Å². The van der Waals surface area contributed by atoms with Crippen LogP contribution in [0.25, 0.3) is 17.3 Å². The van der Waals surface area contributed by atoms with E-state index in [1.165, 1.54) is 0 Å². The molecule has 0 amide bonds. The first-order valence-electron chi connectivity index (χ1n) is 8.97. The molecule has 1 aromatic heterocycles. The maximum atomic E-state index is 10.5. The van der Waals surface area contributed by atoms with Crippen molar-refractivity contribution in [2.24, 2.45) is 0 Å². The highest BCUT2D eigenvalue weighted by molar-refractivity contribution is 6.36. The number of rotatable bonds is 4. The number of aliphatic hydroxyl groups excluding tert-OH is 1. The number of nitrogens with one attached hydrogen (secondary N) is 1. The van der Waals surface area contributed by atoms with Gasteiger partial charge in [0.15, 0.2) is 5.82 Å². The van der Waals surface area contributed by atoms with Crippen molar-refractivity contribution in [1.82, 2.24) is 9.97 Å². The quantitative estimate of drug-likeness (QED) is 0.597. The minimum Gasteiger partial charge on any atom is -0.390 e. The monoisotopic (exact) mass is 411 g/mol. The van der Waals surface area contributed by atoms with Crippen LogP contribution in [0.1, 0.15) is 28.6 Å². The van der Waals surface area contributed by atoms with Crippen molar-refractivity contribution in [3.8, 4) is 11.3 Å². The molecule has 2 N–H and O–H groups in total. The molecule has 3 aromatic rings. The molecule has 4 nitrogen and oxygen atoms in total. The van der Waals surface area contributed by atoms with Gasteiger partial charge in [-0.2, -0.15) is 0 Å². The van der Waals surface area contributed by atoms with Gasteiger partial charge in [-0.25, -0.2) is 9.97 Å². The lowest BCUT2D eigenvalue weighted by atomic mass is 10.1. The van der Waals surface area contributed by atoms with Crippen molar-refractivity contribution in [2.75, 3.05) is 5.32 Å². The van der Waals surface area contributed by atoms with Crippen LogP contribution in [0.2, 0.25) is 10.0 Å². The third-order valence-electron chi connectivity index (χ3n) is 4.97. The fraction of sp³-hybridized carbons (Fsp3) is 0.182. The van der Waals surface area contributed by atoms with E-state index in [0.29, 0.717) is 33.7 Å². The SMILES string of the molecule is C=Cc1nc(-c2ccc(Cl)cc2Cl)c(C)nc1NC1c2ccccc2CC1O. The van der Waals surface area contributed by atoms with E-state index in [1.54, 1.807) is 18.2 Å². The second-order valence-electron chi connectivity index (χ2n) is 6.81. The molecule has 4 rings (SSSR count). The van der Waals surface area contributed by atoms with Crippen molar-refractivity contribution < 1.29 is 5.11 Å². The molecule has 0 saturated carbocycles. The zero-order valence-electron chi connectivity index (χ0n) is 15.3. The molecule has 0 aliphatic heterocycles. The number of hydrogen-bond donors (Lipinski definition) is 2. The van der Waals surface area contributed by atoms with Crippen LogP contribution in [-0.2, 0) is 6.42 Å². The average molecular weight is 412 g/mol. The Kier molecular flexibility index (Phi) is 5.11. The smallest absolute Gasteiger partial charge is 0.152 e. The van der Waals surface area contributed by atoms with Gasteiger partial charge in [-0.05, 0) is 42.3 Å². The number of aromatic nitrogens is 2. The van der Waals surface area contributed by atoms with Crippen LogP contribution in [0.4, 0.5) is 5.82 Å².